The van der Waals surface area contributed by atoms with Crippen LogP contribution in [0.25, 0.3) is 0 Å². The van der Waals surface area contributed by atoms with E-state index >= 15 is 0 Å². The van der Waals surface area contributed by atoms with E-state index in [-0.39, 0.29) is 12.5 Å². The summed E-state index contributed by atoms with van der Waals surface area (Å²) < 4.78 is 5.05. The zero-order valence-electron chi connectivity index (χ0n) is 8.66. The summed E-state index contributed by atoms with van der Waals surface area (Å²) in [6.07, 6.45) is 0. The van der Waals surface area contributed by atoms with Gasteiger partial charge in [-0.2, -0.15) is 0 Å². The summed E-state index contributed by atoms with van der Waals surface area (Å²) >= 11 is 0. The van der Waals surface area contributed by atoms with Crippen LogP contribution in [0.2, 0.25) is 0 Å². The fourth-order valence-corrected chi connectivity index (χ4v) is 1.07. The molecule has 0 fully saturated rings. The molecule has 0 aliphatic heterocycles. The minimum atomic E-state index is 0.211. The normalized spacial score (nSPS) is 12.2. The third-order valence-electron chi connectivity index (χ3n) is 2.06. The van der Waals surface area contributed by atoms with E-state index < -0.39 is 0 Å². The van der Waals surface area contributed by atoms with Crippen LogP contribution in [0.3, 0.4) is 0 Å². The lowest BCUT2D eigenvalue weighted by Crippen LogP contribution is -2.14. The van der Waals surface area contributed by atoms with Gasteiger partial charge in [-0.25, -0.2) is 0 Å². The number of aliphatic hydroxyl groups excluding tert-OH is 1. The van der Waals surface area contributed by atoms with Crippen LogP contribution in [0, 0.1) is 5.92 Å². The number of benzene rings is 1. The van der Waals surface area contributed by atoms with Crippen molar-refractivity contribution < 1.29 is 9.84 Å². The van der Waals surface area contributed by atoms with Gasteiger partial charge in [0, 0.05) is 18.8 Å². The molecule has 0 saturated heterocycles. The number of nitrogens with one attached hydrogen (secondary N) is 1. The molecule has 3 heteroatoms. The van der Waals surface area contributed by atoms with E-state index in [1.165, 1.54) is 0 Å². The van der Waals surface area contributed by atoms with Crippen molar-refractivity contribution in [2.24, 2.45) is 5.92 Å². The first-order valence-corrected chi connectivity index (χ1v) is 4.75. The topological polar surface area (TPSA) is 41.5 Å². The highest BCUT2D eigenvalue weighted by atomic mass is 16.5. The van der Waals surface area contributed by atoms with Gasteiger partial charge >= 0.3 is 0 Å². The molecular formula is C11H17NO2. The summed E-state index contributed by atoms with van der Waals surface area (Å²) in [5.41, 5.74) is 1.05. The largest absolute Gasteiger partial charge is 0.497 e. The maximum absolute atomic E-state index is 8.83. The van der Waals surface area contributed by atoms with E-state index in [0.717, 1.165) is 18.0 Å². The SMILES string of the molecule is COc1ccc(NCC(C)CO)cc1. The van der Waals surface area contributed by atoms with Crippen LogP contribution < -0.4 is 10.1 Å². The van der Waals surface area contributed by atoms with Crippen LogP contribution in [-0.2, 0) is 0 Å². The van der Waals surface area contributed by atoms with Gasteiger partial charge in [-0.3, -0.25) is 0 Å². The monoisotopic (exact) mass is 195 g/mol. The summed E-state index contributed by atoms with van der Waals surface area (Å²) in [6.45, 7) is 2.99. The lowest BCUT2D eigenvalue weighted by atomic mass is 10.2. The summed E-state index contributed by atoms with van der Waals surface area (Å²) in [4.78, 5) is 0. The zero-order chi connectivity index (χ0) is 10.4. The number of hydrogen-bond acceptors (Lipinski definition) is 3. The molecule has 0 saturated carbocycles. The van der Waals surface area contributed by atoms with Crippen molar-refractivity contribution in [2.45, 2.75) is 6.92 Å². The molecule has 1 aromatic carbocycles. The van der Waals surface area contributed by atoms with Crippen molar-refractivity contribution in [1.82, 2.24) is 0 Å². The van der Waals surface area contributed by atoms with Gasteiger partial charge in [-0.05, 0) is 30.2 Å². The zero-order valence-corrected chi connectivity index (χ0v) is 8.66. The second-order valence-electron chi connectivity index (χ2n) is 3.40. The Kier molecular flexibility index (Phi) is 4.26. The number of rotatable bonds is 5. The lowest BCUT2D eigenvalue weighted by Gasteiger charge is -2.10. The molecular weight excluding hydrogens is 178 g/mol. The summed E-state index contributed by atoms with van der Waals surface area (Å²) in [6, 6.07) is 7.74. The predicted octanol–water partition coefficient (Wildman–Crippen LogP) is 1.74. The molecule has 2 N–H and O–H groups in total. The van der Waals surface area contributed by atoms with E-state index in [2.05, 4.69) is 5.32 Å². The molecule has 3 nitrogen and oxygen atoms in total. The van der Waals surface area contributed by atoms with Crippen molar-refractivity contribution in [3.8, 4) is 5.75 Å². The maximum atomic E-state index is 8.83. The average molecular weight is 195 g/mol. The fraction of sp³-hybridized carbons (Fsp3) is 0.455. The molecule has 0 aromatic heterocycles. The van der Waals surface area contributed by atoms with Crippen molar-refractivity contribution in [2.75, 3.05) is 25.6 Å². The van der Waals surface area contributed by atoms with Crippen molar-refractivity contribution in [1.29, 1.82) is 0 Å². The molecule has 0 heterocycles. The van der Waals surface area contributed by atoms with E-state index in [9.17, 15) is 0 Å². The molecule has 1 unspecified atom stereocenters. The first-order valence-electron chi connectivity index (χ1n) is 4.75. The third kappa shape index (κ3) is 3.26. The Morgan fingerprint density at radius 2 is 2.00 bits per heavy atom. The van der Waals surface area contributed by atoms with Crippen LogP contribution >= 0.6 is 0 Å². The Bertz CT molecular complexity index is 258. The quantitative estimate of drug-likeness (QED) is 0.752. The first-order chi connectivity index (χ1) is 6.76. The van der Waals surface area contributed by atoms with Crippen molar-refractivity contribution in [3.63, 3.8) is 0 Å². The Balaban J connectivity index is 2.43. The van der Waals surface area contributed by atoms with Crippen LogP contribution in [0.1, 0.15) is 6.92 Å². The van der Waals surface area contributed by atoms with Gasteiger partial charge in [0.2, 0.25) is 0 Å². The predicted molar refractivity (Wildman–Crippen MR) is 57.7 cm³/mol. The maximum Gasteiger partial charge on any atom is 0.119 e. The minimum Gasteiger partial charge on any atom is -0.497 e. The Labute approximate surface area is 84.7 Å². The summed E-state index contributed by atoms with van der Waals surface area (Å²) in [5, 5.41) is 12.1. The molecule has 0 spiro atoms. The highest BCUT2D eigenvalue weighted by Crippen LogP contribution is 2.15. The molecule has 0 aliphatic carbocycles. The lowest BCUT2D eigenvalue weighted by molar-refractivity contribution is 0.244. The standard InChI is InChI=1S/C11H17NO2/c1-9(8-13)7-12-10-3-5-11(14-2)6-4-10/h3-6,9,12-13H,7-8H2,1-2H3. The van der Waals surface area contributed by atoms with Crippen LogP contribution in [-0.4, -0.2) is 25.4 Å². The molecule has 0 amide bonds. The van der Waals surface area contributed by atoms with E-state index in [4.69, 9.17) is 9.84 Å². The van der Waals surface area contributed by atoms with E-state index in [1.807, 2.05) is 31.2 Å². The molecule has 14 heavy (non-hydrogen) atoms. The van der Waals surface area contributed by atoms with Crippen molar-refractivity contribution >= 4 is 5.69 Å². The van der Waals surface area contributed by atoms with Gasteiger partial charge in [0.05, 0.1) is 7.11 Å². The van der Waals surface area contributed by atoms with Gasteiger partial charge in [0.1, 0.15) is 5.75 Å². The smallest absolute Gasteiger partial charge is 0.119 e. The molecule has 1 atom stereocenters. The fourth-order valence-electron chi connectivity index (χ4n) is 1.07. The van der Waals surface area contributed by atoms with Gasteiger partial charge in [-0.15, -0.1) is 0 Å². The molecule has 1 rings (SSSR count). The van der Waals surface area contributed by atoms with Gasteiger partial charge in [0.15, 0.2) is 0 Å². The third-order valence-corrected chi connectivity index (χ3v) is 2.06. The van der Waals surface area contributed by atoms with Gasteiger partial charge in [0.25, 0.3) is 0 Å². The first kappa shape index (κ1) is 10.9. The number of anilines is 1. The Morgan fingerprint density at radius 3 is 2.50 bits per heavy atom. The molecule has 78 valence electrons. The van der Waals surface area contributed by atoms with Gasteiger partial charge in [-0.1, -0.05) is 6.92 Å². The molecule has 0 radical (unpaired) electrons. The van der Waals surface area contributed by atoms with Crippen molar-refractivity contribution in [3.05, 3.63) is 24.3 Å². The number of ether oxygens (including phenoxy) is 1. The highest BCUT2D eigenvalue weighted by Gasteiger charge is 1.99. The van der Waals surface area contributed by atoms with Gasteiger partial charge < -0.3 is 15.2 Å². The number of aliphatic hydroxyl groups is 1. The average Bonchev–Trinajstić information content (AvgIpc) is 2.26. The summed E-state index contributed by atoms with van der Waals surface area (Å²) in [7, 11) is 1.65. The second-order valence-corrected chi connectivity index (χ2v) is 3.40. The molecule has 1 aromatic rings. The Hall–Kier alpha value is -1.22. The van der Waals surface area contributed by atoms with Crippen LogP contribution in [0.15, 0.2) is 24.3 Å². The van der Waals surface area contributed by atoms with Crippen LogP contribution in [0.4, 0.5) is 5.69 Å². The van der Waals surface area contributed by atoms with E-state index in [0.29, 0.717) is 0 Å². The minimum absolute atomic E-state index is 0.211. The number of methoxy groups -OCH3 is 1. The van der Waals surface area contributed by atoms with E-state index in [1.54, 1.807) is 7.11 Å². The van der Waals surface area contributed by atoms with Crippen LogP contribution in [0.5, 0.6) is 5.75 Å². The highest BCUT2D eigenvalue weighted by molar-refractivity contribution is 5.46. The Morgan fingerprint density at radius 1 is 1.36 bits per heavy atom. The summed E-state index contributed by atoms with van der Waals surface area (Å²) in [5.74, 6) is 1.13. The number of hydrogen-bond donors (Lipinski definition) is 2. The molecule has 0 bridgehead atoms. The molecule has 0 aliphatic rings. The second kappa shape index (κ2) is 5.50.